The highest BCUT2D eigenvalue weighted by molar-refractivity contribution is 7.99. The molecule has 1 unspecified atom stereocenters. The third-order valence-electron chi connectivity index (χ3n) is 5.35. The van der Waals surface area contributed by atoms with Crippen LogP contribution in [0, 0.1) is 5.92 Å². The molecule has 5 heteroatoms. The van der Waals surface area contributed by atoms with Gasteiger partial charge in [-0.1, -0.05) is 12.1 Å². The third-order valence-corrected chi connectivity index (χ3v) is 6.39. The highest BCUT2D eigenvalue weighted by atomic mass is 32.2. The molecule has 2 aliphatic heterocycles. The zero-order valence-corrected chi connectivity index (χ0v) is 15.6. The number of hydrogen-bond donors (Lipinski definition) is 1. The van der Waals surface area contributed by atoms with Gasteiger partial charge in [-0.25, -0.2) is 0 Å². The normalized spacial score (nSPS) is 20.7. The van der Waals surface area contributed by atoms with E-state index in [4.69, 9.17) is 0 Å². The summed E-state index contributed by atoms with van der Waals surface area (Å²) in [5.74, 6) is 2.06. The van der Waals surface area contributed by atoms with Crippen molar-refractivity contribution in [1.82, 2.24) is 10.2 Å². The predicted molar refractivity (Wildman–Crippen MR) is 102 cm³/mol. The summed E-state index contributed by atoms with van der Waals surface area (Å²) in [5.41, 5.74) is 1.09. The molecule has 0 saturated carbocycles. The lowest BCUT2D eigenvalue weighted by Gasteiger charge is -2.38. The highest BCUT2D eigenvalue weighted by Crippen LogP contribution is 2.35. The van der Waals surface area contributed by atoms with Gasteiger partial charge in [-0.15, -0.1) is 11.8 Å². The van der Waals surface area contributed by atoms with Gasteiger partial charge in [-0.05, 0) is 70.9 Å². The molecule has 4 nitrogen and oxygen atoms in total. The zero-order chi connectivity index (χ0) is 16.9. The lowest BCUT2D eigenvalue weighted by molar-refractivity contribution is -0.123. The number of para-hydroxylation sites is 1. The zero-order valence-electron chi connectivity index (χ0n) is 14.8. The summed E-state index contributed by atoms with van der Waals surface area (Å²) in [6.45, 7) is 6.10. The number of anilines is 1. The second-order valence-electron chi connectivity index (χ2n) is 6.85. The van der Waals surface area contributed by atoms with Crippen molar-refractivity contribution >= 4 is 23.4 Å². The average molecular weight is 348 g/mol. The summed E-state index contributed by atoms with van der Waals surface area (Å²) >= 11 is 1.85. The summed E-state index contributed by atoms with van der Waals surface area (Å²) < 4.78 is 0. The molecule has 132 valence electrons. The molecule has 1 fully saturated rings. The molecule has 1 atom stereocenters. The monoisotopic (exact) mass is 347 g/mol. The van der Waals surface area contributed by atoms with Gasteiger partial charge >= 0.3 is 0 Å². The van der Waals surface area contributed by atoms with Crippen LogP contribution in [0.1, 0.15) is 26.2 Å². The van der Waals surface area contributed by atoms with Crippen LogP contribution < -0.4 is 10.2 Å². The van der Waals surface area contributed by atoms with E-state index in [1.54, 1.807) is 0 Å². The van der Waals surface area contributed by atoms with E-state index in [0.717, 1.165) is 43.5 Å². The van der Waals surface area contributed by atoms with Crippen LogP contribution in [0.3, 0.4) is 0 Å². The Morgan fingerprint density at radius 2 is 2.04 bits per heavy atom. The van der Waals surface area contributed by atoms with Crippen LogP contribution in [0.2, 0.25) is 0 Å². The molecule has 1 saturated heterocycles. The van der Waals surface area contributed by atoms with Crippen molar-refractivity contribution in [3.8, 4) is 0 Å². The Hall–Kier alpha value is -1.04. The number of thioether (sulfide) groups is 1. The first-order valence-corrected chi connectivity index (χ1v) is 10.1. The van der Waals surface area contributed by atoms with E-state index in [0.29, 0.717) is 0 Å². The van der Waals surface area contributed by atoms with Gasteiger partial charge in [0.05, 0.1) is 11.7 Å². The number of fused-ring (bicyclic) bond motifs is 1. The van der Waals surface area contributed by atoms with Gasteiger partial charge in [-0.3, -0.25) is 9.69 Å². The lowest BCUT2D eigenvalue weighted by atomic mass is 9.92. The topological polar surface area (TPSA) is 35.6 Å². The van der Waals surface area contributed by atoms with Crippen LogP contribution in [-0.2, 0) is 4.79 Å². The van der Waals surface area contributed by atoms with Gasteiger partial charge in [0.1, 0.15) is 0 Å². The SMILES string of the molecule is CNCCC1CCN(C(C)C(=O)N2CCSc3ccccc32)CC1. The molecular weight excluding hydrogens is 318 g/mol. The van der Waals surface area contributed by atoms with Gasteiger partial charge in [-0.2, -0.15) is 0 Å². The molecule has 0 radical (unpaired) electrons. The summed E-state index contributed by atoms with van der Waals surface area (Å²) in [7, 11) is 2.02. The van der Waals surface area contributed by atoms with E-state index in [1.807, 2.05) is 29.8 Å². The van der Waals surface area contributed by atoms with Gasteiger partial charge in [0.15, 0.2) is 0 Å². The molecule has 3 rings (SSSR count). The molecule has 0 spiro atoms. The number of benzene rings is 1. The van der Waals surface area contributed by atoms with Crippen LogP contribution in [0.25, 0.3) is 0 Å². The molecule has 0 aromatic heterocycles. The van der Waals surface area contributed by atoms with Crippen LogP contribution in [0.5, 0.6) is 0 Å². The Balaban J connectivity index is 1.60. The fraction of sp³-hybridized carbons (Fsp3) is 0.632. The Kier molecular flexibility index (Phi) is 6.19. The first-order valence-electron chi connectivity index (χ1n) is 9.12. The molecule has 0 aliphatic carbocycles. The van der Waals surface area contributed by atoms with Crippen molar-refractivity contribution in [3.05, 3.63) is 24.3 Å². The molecule has 0 bridgehead atoms. The maximum Gasteiger partial charge on any atom is 0.244 e. The van der Waals surface area contributed by atoms with E-state index < -0.39 is 0 Å². The van der Waals surface area contributed by atoms with Gasteiger partial charge in [0, 0.05) is 17.2 Å². The molecule has 24 heavy (non-hydrogen) atoms. The summed E-state index contributed by atoms with van der Waals surface area (Å²) in [5, 5.41) is 3.24. The Labute approximate surface area is 150 Å². The number of rotatable bonds is 5. The van der Waals surface area contributed by atoms with Gasteiger partial charge < -0.3 is 10.2 Å². The summed E-state index contributed by atoms with van der Waals surface area (Å²) in [6, 6.07) is 8.27. The van der Waals surface area contributed by atoms with Crippen LogP contribution in [0.4, 0.5) is 5.69 Å². The number of nitrogens with zero attached hydrogens (tertiary/aromatic N) is 2. The van der Waals surface area contributed by atoms with Crippen LogP contribution in [-0.4, -0.2) is 55.8 Å². The quantitative estimate of drug-likeness (QED) is 0.888. The second-order valence-corrected chi connectivity index (χ2v) is 7.99. The van der Waals surface area contributed by atoms with E-state index in [-0.39, 0.29) is 11.9 Å². The van der Waals surface area contributed by atoms with Crippen LogP contribution in [0.15, 0.2) is 29.2 Å². The standard InChI is InChI=1S/C19H29N3OS/c1-15(21-11-8-16(9-12-21)7-10-20-2)19(23)22-13-14-24-18-6-4-3-5-17(18)22/h3-6,15-16,20H,7-14H2,1-2H3. The first kappa shape index (κ1) is 17.8. The minimum Gasteiger partial charge on any atom is -0.320 e. The number of amides is 1. The van der Waals surface area contributed by atoms with Gasteiger partial charge in [0.2, 0.25) is 5.91 Å². The second kappa shape index (κ2) is 8.37. The number of hydrogen-bond acceptors (Lipinski definition) is 4. The van der Waals surface area contributed by atoms with Crippen molar-refractivity contribution < 1.29 is 4.79 Å². The first-order chi connectivity index (χ1) is 11.7. The van der Waals surface area contributed by atoms with E-state index in [9.17, 15) is 4.79 Å². The Morgan fingerprint density at radius 3 is 2.79 bits per heavy atom. The van der Waals surface area contributed by atoms with Crippen molar-refractivity contribution in [2.24, 2.45) is 5.92 Å². The van der Waals surface area contributed by atoms with Crippen molar-refractivity contribution in [2.45, 2.75) is 37.1 Å². The molecule has 1 N–H and O–H groups in total. The Bertz CT molecular complexity index is 557. The fourth-order valence-corrected chi connectivity index (χ4v) is 4.75. The number of carbonyl (C=O) groups excluding carboxylic acids is 1. The number of likely N-dealkylation sites (tertiary alicyclic amines) is 1. The largest absolute Gasteiger partial charge is 0.320 e. The molecule has 2 heterocycles. The number of piperidine rings is 1. The molecule has 1 aromatic carbocycles. The van der Waals surface area contributed by atoms with Crippen molar-refractivity contribution in [1.29, 1.82) is 0 Å². The minimum atomic E-state index is -0.0218. The van der Waals surface area contributed by atoms with Crippen molar-refractivity contribution in [3.63, 3.8) is 0 Å². The third kappa shape index (κ3) is 3.95. The molecule has 2 aliphatic rings. The average Bonchev–Trinajstić information content (AvgIpc) is 2.65. The fourth-order valence-electron chi connectivity index (χ4n) is 3.76. The maximum absolute atomic E-state index is 13.1. The summed E-state index contributed by atoms with van der Waals surface area (Å²) in [4.78, 5) is 18.7. The Morgan fingerprint density at radius 1 is 1.29 bits per heavy atom. The van der Waals surface area contributed by atoms with E-state index in [2.05, 4.69) is 35.3 Å². The lowest BCUT2D eigenvalue weighted by Crippen LogP contribution is -2.51. The smallest absolute Gasteiger partial charge is 0.244 e. The number of nitrogens with one attached hydrogen (secondary N) is 1. The molecule has 1 aromatic rings. The molecule has 1 amide bonds. The van der Waals surface area contributed by atoms with Gasteiger partial charge in [0.25, 0.3) is 0 Å². The predicted octanol–water partition coefficient (Wildman–Crippen LogP) is 2.84. The van der Waals surface area contributed by atoms with E-state index >= 15 is 0 Å². The minimum absolute atomic E-state index is 0.0218. The van der Waals surface area contributed by atoms with Crippen LogP contribution >= 0.6 is 11.8 Å². The molecular formula is C19H29N3OS. The number of carbonyl (C=O) groups is 1. The summed E-state index contributed by atoms with van der Waals surface area (Å²) in [6.07, 6.45) is 3.68. The highest BCUT2D eigenvalue weighted by Gasteiger charge is 2.31. The van der Waals surface area contributed by atoms with E-state index in [1.165, 1.54) is 24.2 Å². The maximum atomic E-state index is 13.1. The van der Waals surface area contributed by atoms with Crippen molar-refractivity contribution in [2.75, 3.05) is 43.9 Å².